The van der Waals surface area contributed by atoms with Crippen molar-refractivity contribution in [3.63, 3.8) is 0 Å². The molecule has 0 unspecified atom stereocenters. The van der Waals surface area contributed by atoms with Gasteiger partial charge in [0, 0.05) is 39.7 Å². The molecule has 1 aliphatic rings. The van der Waals surface area contributed by atoms with Gasteiger partial charge in [0.1, 0.15) is 36.1 Å². The molecule has 0 aliphatic heterocycles. The Morgan fingerprint density at radius 3 is 1.60 bits per heavy atom. The average Bonchev–Trinajstić information content (AvgIpc) is 3.18. The van der Waals surface area contributed by atoms with Crippen molar-refractivity contribution >= 4 is 110 Å². The predicted molar refractivity (Wildman–Crippen MR) is 212 cm³/mol. The fraction of sp³-hybridized carbons (Fsp3) is 0.0263. The number of amides is 1. The smallest absolute Gasteiger partial charge is 0.744 e. The first kappa shape index (κ1) is 50.8. The van der Waals surface area contributed by atoms with Crippen molar-refractivity contribution in [1.82, 2.24) is 0 Å². The zero-order valence-electron chi connectivity index (χ0n) is 32.9. The molecule has 0 heterocycles. The normalized spacial score (nSPS) is 13.4. The van der Waals surface area contributed by atoms with Gasteiger partial charge in [0.05, 0.1) is 43.1 Å². The summed E-state index contributed by atoms with van der Waals surface area (Å²) in [6.07, 6.45) is 2.49. The van der Waals surface area contributed by atoms with Crippen LogP contribution >= 0.6 is 0 Å². The van der Waals surface area contributed by atoms with E-state index < -0.39 is 50.8 Å². The Hall–Kier alpha value is -3.88. The van der Waals surface area contributed by atoms with Crippen LogP contribution in [-0.2, 0) is 39.9 Å². The van der Waals surface area contributed by atoms with E-state index in [4.69, 9.17) is 0 Å². The molecule has 6 aromatic carbocycles. The zero-order valence-corrected chi connectivity index (χ0v) is 41.4. The molecule has 1 aliphatic carbocycles. The van der Waals surface area contributed by atoms with Crippen LogP contribution in [0.2, 0.25) is 0 Å². The number of hydrogen-bond donors (Lipinski definition) is 2. The van der Waals surface area contributed by atoms with E-state index >= 15 is 0 Å². The van der Waals surface area contributed by atoms with Crippen molar-refractivity contribution in [2.24, 2.45) is 25.6 Å². The third-order valence-electron chi connectivity index (χ3n) is 8.71. The summed E-state index contributed by atoms with van der Waals surface area (Å²) in [5.74, 6) is -0.810. The minimum absolute atomic E-state index is 0. The topological polar surface area (TPSA) is 292 Å². The molecule has 6 aromatic rings. The number of nitrogens with one attached hydrogen (secondary N) is 2. The Kier molecular flexibility index (Phi) is 16.6. The fourth-order valence-electron chi connectivity index (χ4n) is 5.97. The summed E-state index contributed by atoms with van der Waals surface area (Å²) in [5, 5.41) is 24.8. The monoisotopic (exact) mass is 919 g/mol. The molecule has 2 N–H and O–H groups in total. The molecule has 24 heteroatoms. The van der Waals surface area contributed by atoms with Crippen LogP contribution in [0, 0.1) is 0 Å². The number of carbonyl (C=O) groups excluding carboxylic acids is 2. The number of hydrogen-bond acceptors (Lipinski definition) is 17. The van der Waals surface area contributed by atoms with Gasteiger partial charge >= 0.3 is 88.7 Å². The number of benzene rings is 6. The molecule has 1 amide bonds. The van der Waals surface area contributed by atoms with Crippen molar-refractivity contribution in [2.45, 2.75) is 21.6 Å². The summed E-state index contributed by atoms with van der Waals surface area (Å²) < 4.78 is 107. The molecule has 0 bridgehead atoms. The van der Waals surface area contributed by atoms with E-state index in [2.05, 4.69) is 36.3 Å². The molecule has 62 heavy (non-hydrogen) atoms. The largest absolute Gasteiger partial charge is 1.00 e. The maximum absolute atomic E-state index is 12.8. The summed E-state index contributed by atoms with van der Waals surface area (Å²) in [5.41, 5.74) is 4.63. The molecular weight excluding hydrogens is 896 g/mol. The number of nitrogens with zero attached hydrogens (tertiary/aromatic N) is 5. The van der Waals surface area contributed by atoms with E-state index in [-0.39, 0.29) is 150 Å². The van der Waals surface area contributed by atoms with Gasteiger partial charge in [-0.1, -0.05) is 24.3 Å². The molecular formula is C38H24N7Na3O11S3. The first-order valence-corrected chi connectivity index (χ1v) is 21.0. The number of carbonyl (C=O) groups is 2. The molecule has 0 saturated carbocycles. The van der Waals surface area contributed by atoms with E-state index in [1.165, 1.54) is 55.5 Å². The van der Waals surface area contributed by atoms with Crippen LogP contribution in [0.25, 0.3) is 27.6 Å². The first-order valence-electron chi connectivity index (χ1n) is 16.8. The second-order valence-electron chi connectivity index (χ2n) is 12.7. The van der Waals surface area contributed by atoms with Crippen molar-refractivity contribution in [1.29, 1.82) is 0 Å². The van der Waals surface area contributed by atoms with Gasteiger partial charge in [-0.25, -0.2) is 25.3 Å². The zero-order chi connectivity index (χ0) is 42.3. The number of fused-ring (bicyclic) bond motifs is 3. The van der Waals surface area contributed by atoms with E-state index in [9.17, 15) is 48.5 Å². The van der Waals surface area contributed by atoms with E-state index in [1.54, 1.807) is 24.3 Å². The van der Waals surface area contributed by atoms with Crippen molar-refractivity contribution in [3.8, 4) is 0 Å². The van der Waals surface area contributed by atoms with Gasteiger partial charge in [0.15, 0.2) is 0 Å². The third-order valence-corrected chi connectivity index (χ3v) is 11.2. The van der Waals surface area contributed by atoms with E-state index in [0.717, 1.165) is 42.5 Å². The van der Waals surface area contributed by atoms with Crippen LogP contribution in [-0.4, -0.2) is 56.3 Å². The Balaban J connectivity index is 0.00000282. The number of ketones is 1. The number of hydrazone groups is 1. The Labute approximate surface area is 420 Å². The summed E-state index contributed by atoms with van der Waals surface area (Å²) in [7, 11) is -14.6. The molecule has 0 aromatic heterocycles. The van der Waals surface area contributed by atoms with Gasteiger partial charge in [-0.15, -0.1) is 15.3 Å². The Morgan fingerprint density at radius 1 is 0.548 bits per heavy atom. The number of allylic oxidation sites excluding steroid dienone is 1. The van der Waals surface area contributed by atoms with Gasteiger partial charge < -0.3 is 19.0 Å². The molecule has 298 valence electrons. The fourth-order valence-corrected chi connectivity index (χ4v) is 7.47. The van der Waals surface area contributed by atoms with Crippen molar-refractivity contribution in [2.75, 3.05) is 10.7 Å². The van der Waals surface area contributed by atoms with Gasteiger partial charge in [0.25, 0.3) is 0 Å². The molecule has 18 nitrogen and oxygen atoms in total. The average molecular weight is 920 g/mol. The van der Waals surface area contributed by atoms with Crippen LogP contribution in [0.4, 0.5) is 34.1 Å². The Morgan fingerprint density at radius 2 is 1.03 bits per heavy atom. The van der Waals surface area contributed by atoms with Crippen LogP contribution in [0.5, 0.6) is 0 Å². The molecule has 0 saturated heterocycles. The SMILES string of the molecule is CC(=O)Nc1ccc(N=Nc2ccc(N=Nc3ccc(N/N=C4\C(=O)C=Cc5cc(S(=O)(=O)[O-])ccc54)c4ccc(S(=O)(=O)[O-])cc34)c3ccc(S(=O)(=O)[O-])cc23)cc1.[Na+].[Na+].[Na+]. The molecule has 0 atom stereocenters. The first-order chi connectivity index (χ1) is 27.8. The number of rotatable bonds is 10. The van der Waals surface area contributed by atoms with Crippen LogP contribution < -0.4 is 99.4 Å². The van der Waals surface area contributed by atoms with Crippen LogP contribution in [0.3, 0.4) is 0 Å². The maximum atomic E-state index is 12.8. The number of azo groups is 2. The van der Waals surface area contributed by atoms with Crippen LogP contribution in [0.1, 0.15) is 18.1 Å². The summed E-state index contributed by atoms with van der Waals surface area (Å²) in [6, 6.07) is 22.7. The third kappa shape index (κ3) is 11.6. The summed E-state index contributed by atoms with van der Waals surface area (Å²) in [4.78, 5) is 22.6. The minimum atomic E-state index is -4.96. The Bertz CT molecular complexity index is 3260. The predicted octanol–water partition coefficient (Wildman–Crippen LogP) is -2.08. The molecule has 0 radical (unpaired) electrons. The van der Waals surface area contributed by atoms with E-state index in [0.29, 0.717) is 16.8 Å². The van der Waals surface area contributed by atoms with Gasteiger partial charge in [-0.2, -0.15) is 10.2 Å². The van der Waals surface area contributed by atoms with Crippen molar-refractivity contribution < 1.29 is 137 Å². The van der Waals surface area contributed by atoms with E-state index in [1.807, 2.05) is 0 Å². The van der Waals surface area contributed by atoms with Gasteiger partial charge in [-0.05, 0) is 96.6 Å². The van der Waals surface area contributed by atoms with Crippen LogP contribution in [0.15, 0.2) is 149 Å². The number of anilines is 2. The van der Waals surface area contributed by atoms with Gasteiger partial charge in [-0.3, -0.25) is 15.0 Å². The second-order valence-corrected chi connectivity index (χ2v) is 16.8. The molecule has 7 rings (SSSR count). The standard InChI is InChI=1S/C38H27N7O11S3.3Na/c1-21(46)39-23-3-5-24(6-4-23)40-41-35-15-13-33(29-11-8-26(19-31(29)35)58(51,52)53)42-43-36-16-14-34(30-12-9-27(20-32(30)36)59(54,55)56)44-45-38-28-10-7-25(57(48,49)50)18-22(28)2-17-37(38)47;;;/h2-20,44H,1H3,(H,39,46)(H,48,49,50)(H,51,52,53)(H,54,55,56);;;/q;3*+1/p-3/b41-40?,43-42?,45-38-;;;. The molecule has 0 fully saturated rings. The van der Waals surface area contributed by atoms with Crippen molar-refractivity contribution in [3.05, 3.63) is 120 Å². The summed E-state index contributed by atoms with van der Waals surface area (Å²) in [6.45, 7) is 1.36. The maximum Gasteiger partial charge on any atom is 1.00 e. The molecule has 0 spiro atoms. The van der Waals surface area contributed by atoms with Gasteiger partial charge in [0.2, 0.25) is 11.7 Å². The summed E-state index contributed by atoms with van der Waals surface area (Å²) >= 11 is 0. The minimum Gasteiger partial charge on any atom is -0.744 e. The second kappa shape index (κ2) is 20.3. The quantitative estimate of drug-likeness (QED) is 0.0648.